The topological polar surface area (TPSA) is 170 Å². The molecule has 3 fully saturated rings. The van der Waals surface area contributed by atoms with E-state index < -0.39 is 34.6 Å². The first-order chi connectivity index (χ1) is 13.7. The average molecular weight is 432 g/mol. The lowest BCUT2D eigenvalue weighted by Crippen LogP contribution is -2.43. The minimum Gasteiger partial charge on any atom is -0.420 e. The van der Waals surface area contributed by atoms with Crippen molar-refractivity contribution in [3.8, 4) is 0 Å². The van der Waals surface area contributed by atoms with E-state index in [-0.39, 0.29) is 30.3 Å². The van der Waals surface area contributed by atoms with Crippen molar-refractivity contribution in [1.82, 2.24) is 30.8 Å². The molecule has 3 heterocycles. The summed E-state index contributed by atoms with van der Waals surface area (Å²) < 4.78 is 41.5. The zero-order valence-electron chi connectivity index (χ0n) is 15.8. The Balaban J connectivity index is 1.49. The monoisotopic (exact) mass is 432 g/mol. The molecule has 1 saturated carbocycles. The fourth-order valence-corrected chi connectivity index (χ4v) is 4.46. The predicted octanol–water partition coefficient (Wildman–Crippen LogP) is -1.02. The first-order valence-electron chi connectivity index (χ1n) is 9.37. The van der Waals surface area contributed by atoms with Crippen LogP contribution in [0.4, 0.5) is 4.79 Å². The highest BCUT2D eigenvalue weighted by atomic mass is 32.3. The van der Waals surface area contributed by atoms with Gasteiger partial charge in [0.05, 0.1) is 6.04 Å². The Morgan fingerprint density at radius 3 is 2.79 bits per heavy atom. The molecule has 0 radical (unpaired) electrons. The lowest BCUT2D eigenvalue weighted by molar-refractivity contribution is -0.0530. The summed E-state index contributed by atoms with van der Waals surface area (Å²) in [6.07, 6.45) is 1.10. The number of aromatic nitrogens is 2. The second-order valence-corrected chi connectivity index (χ2v) is 8.67. The van der Waals surface area contributed by atoms with Crippen LogP contribution in [0.3, 0.4) is 0 Å². The van der Waals surface area contributed by atoms with Gasteiger partial charge in [-0.3, -0.25) is 4.55 Å². The molecule has 1 spiro atoms. The van der Waals surface area contributed by atoms with Gasteiger partial charge in [0.25, 0.3) is 0 Å². The third-order valence-electron chi connectivity index (χ3n) is 5.75. The molecule has 162 valence electrons. The van der Waals surface area contributed by atoms with Gasteiger partial charge < -0.3 is 25.1 Å². The number of hydrogen-bond donors (Lipinski definition) is 4. The number of carbonyl (C=O) groups excluding carboxylic acids is 1. The largest absolute Gasteiger partial charge is 0.420 e. The van der Waals surface area contributed by atoms with E-state index in [9.17, 15) is 18.3 Å². The molecule has 13 nitrogen and oxygen atoms in total. The molecule has 4 N–H and O–H groups in total. The second-order valence-electron chi connectivity index (χ2n) is 7.66. The summed E-state index contributed by atoms with van der Waals surface area (Å²) in [5, 5.41) is 24.9. The lowest BCUT2D eigenvalue weighted by atomic mass is 9.85. The molecule has 1 aromatic heterocycles. The number of fused-ring (bicyclic) bond motifs is 3. The molecule has 2 bridgehead atoms. The number of nitrogens with zero attached hydrogens (tertiary/aromatic N) is 4. The van der Waals surface area contributed by atoms with Crippen LogP contribution in [-0.2, 0) is 14.7 Å². The van der Waals surface area contributed by atoms with Crippen molar-refractivity contribution in [2.75, 3.05) is 33.2 Å². The van der Waals surface area contributed by atoms with Gasteiger partial charge in [-0.1, -0.05) is 0 Å². The molecule has 0 aromatic carbocycles. The minimum atomic E-state index is -4.82. The van der Waals surface area contributed by atoms with Crippen molar-refractivity contribution in [2.45, 2.75) is 37.5 Å². The molecule has 3 atom stereocenters. The van der Waals surface area contributed by atoms with Crippen LogP contribution >= 0.6 is 0 Å². The molecule has 1 aliphatic carbocycles. The standard InChI is InChI=1S/C15H24N6O7S/c1-16-4-5-17-7-10(22)13-19-18-12(27-13)9-6-15(2-3-15)11-8-20(9)14(23)21(11)28-29(24,25)26/h9-11,16-17,22H,2-8H2,1H3,(H,24,25,26)/t9-,10+,11-/m0/s1. The van der Waals surface area contributed by atoms with Gasteiger partial charge in [-0.2, -0.15) is 13.5 Å². The van der Waals surface area contributed by atoms with E-state index in [1.807, 2.05) is 7.05 Å². The number of carbonyl (C=O) groups is 1. The van der Waals surface area contributed by atoms with Gasteiger partial charge >= 0.3 is 16.4 Å². The number of amides is 2. The molecule has 2 aliphatic heterocycles. The molecule has 2 amide bonds. The van der Waals surface area contributed by atoms with Crippen molar-refractivity contribution >= 4 is 16.4 Å². The highest BCUT2D eigenvalue weighted by molar-refractivity contribution is 7.80. The van der Waals surface area contributed by atoms with Gasteiger partial charge in [-0.15, -0.1) is 14.5 Å². The Labute approximate surface area is 167 Å². The van der Waals surface area contributed by atoms with Gasteiger partial charge in [0, 0.05) is 26.2 Å². The molecule has 3 aliphatic rings. The van der Waals surface area contributed by atoms with Crippen LogP contribution in [-0.4, -0.2) is 83.5 Å². The number of aliphatic hydroxyl groups excluding tert-OH is 1. The lowest BCUT2D eigenvalue weighted by Gasteiger charge is -2.34. The van der Waals surface area contributed by atoms with Crippen LogP contribution in [0, 0.1) is 5.41 Å². The van der Waals surface area contributed by atoms with Crippen LogP contribution in [0.15, 0.2) is 4.42 Å². The number of aliphatic hydroxyl groups is 1. The fraction of sp³-hybridized carbons (Fsp3) is 0.800. The van der Waals surface area contributed by atoms with E-state index in [2.05, 4.69) is 25.1 Å². The van der Waals surface area contributed by atoms with Gasteiger partial charge in [0.1, 0.15) is 12.1 Å². The summed E-state index contributed by atoms with van der Waals surface area (Å²) in [5.74, 6) is 0.225. The molecular weight excluding hydrogens is 408 g/mol. The molecule has 1 aromatic rings. The van der Waals surface area contributed by atoms with E-state index in [1.165, 1.54) is 4.90 Å². The summed E-state index contributed by atoms with van der Waals surface area (Å²) in [5.41, 5.74) is -0.319. The third-order valence-corrected chi connectivity index (χ3v) is 6.10. The molecular formula is C15H24N6O7S. The minimum absolute atomic E-state index is 0.0432. The van der Waals surface area contributed by atoms with Crippen LogP contribution in [0.25, 0.3) is 0 Å². The second kappa shape index (κ2) is 7.45. The molecule has 14 heteroatoms. The zero-order valence-corrected chi connectivity index (χ0v) is 16.6. The average Bonchev–Trinajstić information content (AvgIpc) is 3.14. The summed E-state index contributed by atoms with van der Waals surface area (Å²) in [7, 11) is -3.00. The van der Waals surface area contributed by atoms with Crippen molar-refractivity contribution in [3.05, 3.63) is 11.8 Å². The summed E-state index contributed by atoms with van der Waals surface area (Å²) >= 11 is 0. The van der Waals surface area contributed by atoms with Crippen molar-refractivity contribution in [2.24, 2.45) is 5.41 Å². The molecule has 2 saturated heterocycles. The van der Waals surface area contributed by atoms with E-state index in [4.69, 9.17) is 8.97 Å². The Morgan fingerprint density at radius 1 is 1.38 bits per heavy atom. The van der Waals surface area contributed by atoms with Crippen LogP contribution in [0.2, 0.25) is 0 Å². The molecule has 29 heavy (non-hydrogen) atoms. The predicted molar refractivity (Wildman–Crippen MR) is 95.4 cm³/mol. The third kappa shape index (κ3) is 3.95. The maximum Gasteiger partial charge on any atom is 0.418 e. The molecule has 0 unspecified atom stereocenters. The maximum absolute atomic E-state index is 12.7. The highest BCUT2D eigenvalue weighted by Gasteiger charge is 2.64. The number of hydroxylamine groups is 2. The van der Waals surface area contributed by atoms with Crippen LogP contribution in [0.5, 0.6) is 0 Å². The number of nitrogens with one attached hydrogen (secondary N) is 2. The smallest absolute Gasteiger partial charge is 0.418 e. The van der Waals surface area contributed by atoms with E-state index in [1.54, 1.807) is 0 Å². The van der Waals surface area contributed by atoms with Crippen molar-refractivity contribution < 1.29 is 31.6 Å². The van der Waals surface area contributed by atoms with E-state index in [0.717, 1.165) is 24.4 Å². The normalized spacial score (nSPS) is 26.4. The van der Waals surface area contributed by atoms with Gasteiger partial charge in [-0.25, -0.2) is 4.79 Å². The SMILES string of the molecule is CNCCNC[C@@H](O)c1nnc([C@@H]2CC3(CC3)[C@@H]3CN2C(=O)N3OS(=O)(=O)O)o1. The summed E-state index contributed by atoms with van der Waals surface area (Å²) in [4.78, 5) is 14.1. The Morgan fingerprint density at radius 2 is 2.14 bits per heavy atom. The fourth-order valence-electron chi connectivity index (χ4n) is 4.09. The maximum atomic E-state index is 12.7. The number of urea groups is 1. The summed E-state index contributed by atoms with van der Waals surface area (Å²) in [6.45, 7) is 1.86. The Kier molecular flexibility index (Phi) is 5.25. The van der Waals surface area contributed by atoms with Crippen molar-refractivity contribution in [3.63, 3.8) is 0 Å². The quantitative estimate of drug-likeness (QED) is 0.278. The van der Waals surface area contributed by atoms with E-state index >= 15 is 0 Å². The number of piperidine rings is 1. The van der Waals surface area contributed by atoms with Gasteiger partial charge in [0.2, 0.25) is 11.8 Å². The summed E-state index contributed by atoms with van der Waals surface area (Å²) in [6, 6.07) is -1.71. The van der Waals surface area contributed by atoms with Crippen molar-refractivity contribution in [1.29, 1.82) is 0 Å². The molecule has 4 rings (SSSR count). The first kappa shape index (κ1) is 20.4. The number of hydrogen-bond acceptors (Lipinski definition) is 10. The van der Waals surface area contributed by atoms with Gasteiger partial charge in [0.15, 0.2) is 0 Å². The van der Waals surface area contributed by atoms with Crippen LogP contribution < -0.4 is 10.6 Å². The highest BCUT2D eigenvalue weighted by Crippen LogP contribution is 2.61. The number of rotatable bonds is 9. The van der Waals surface area contributed by atoms with E-state index in [0.29, 0.717) is 13.0 Å². The Bertz CT molecular complexity index is 872. The zero-order chi connectivity index (χ0) is 20.8. The Hall–Kier alpha value is -1.84. The number of likely N-dealkylation sites (N-methyl/N-ethyl adjacent to an activating group) is 1. The van der Waals surface area contributed by atoms with Crippen LogP contribution in [0.1, 0.15) is 43.2 Å². The van der Waals surface area contributed by atoms with Gasteiger partial charge in [-0.05, 0) is 31.7 Å². The first-order valence-corrected chi connectivity index (χ1v) is 10.7.